The molecule has 6 nitrogen and oxygen atoms in total. The number of aromatic nitrogens is 4. The van der Waals surface area contributed by atoms with Crippen LogP contribution in [0.2, 0.25) is 0 Å². The molecule has 0 amide bonds. The molecule has 4 aromatic rings. The van der Waals surface area contributed by atoms with Crippen molar-refractivity contribution in [2.24, 2.45) is 7.05 Å². The fourth-order valence-electron chi connectivity index (χ4n) is 2.96. The zero-order valence-corrected chi connectivity index (χ0v) is 14.3. The van der Waals surface area contributed by atoms with Gasteiger partial charge in [0.15, 0.2) is 0 Å². The van der Waals surface area contributed by atoms with Crippen LogP contribution in [0.25, 0.3) is 33.4 Å². The first-order valence-corrected chi connectivity index (χ1v) is 7.95. The van der Waals surface area contributed by atoms with E-state index in [4.69, 9.17) is 10.5 Å². The molecule has 0 aliphatic heterocycles. The Hall–Kier alpha value is -3.48. The van der Waals surface area contributed by atoms with Crippen molar-refractivity contribution in [2.45, 2.75) is 0 Å². The number of nitrogens with zero attached hydrogens (tertiary/aromatic N) is 4. The van der Waals surface area contributed by atoms with Crippen LogP contribution in [-0.4, -0.2) is 26.6 Å². The van der Waals surface area contributed by atoms with E-state index in [1.54, 1.807) is 18.5 Å². The van der Waals surface area contributed by atoms with Crippen LogP contribution in [-0.2, 0) is 7.05 Å². The lowest BCUT2D eigenvalue weighted by molar-refractivity contribution is 0.400. The van der Waals surface area contributed by atoms with Gasteiger partial charge in [-0.1, -0.05) is 6.07 Å². The number of anilines is 1. The van der Waals surface area contributed by atoms with E-state index < -0.39 is 0 Å². The summed E-state index contributed by atoms with van der Waals surface area (Å²) in [6.45, 7) is 0. The maximum atomic E-state index is 13.3. The maximum Gasteiger partial charge on any atom is 0.226 e. The van der Waals surface area contributed by atoms with Crippen molar-refractivity contribution in [3.63, 3.8) is 0 Å². The van der Waals surface area contributed by atoms with E-state index in [1.807, 2.05) is 29.8 Å². The second-order valence-electron chi connectivity index (χ2n) is 5.88. The van der Waals surface area contributed by atoms with Crippen molar-refractivity contribution in [1.29, 1.82) is 0 Å². The second kappa shape index (κ2) is 6.11. The second-order valence-corrected chi connectivity index (χ2v) is 5.88. The van der Waals surface area contributed by atoms with Gasteiger partial charge in [0.2, 0.25) is 11.8 Å². The van der Waals surface area contributed by atoms with E-state index in [-0.39, 0.29) is 11.8 Å². The normalized spacial score (nSPS) is 11.0. The van der Waals surface area contributed by atoms with Gasteiger partial charge in [-0.25, -0.2) is 14.4 Å². The van der Waals surface area contributed by atoms with Crippen molar-refractivity contribution in [1.82, 2.24) is 19.5 Å². The van der Waals surface area contributed by atoms with Gasteiger partial charge in [-0.15, -0.1) is 0 Å². The number of imidazole rings is 1. The summed E-state index contributed by atoms with van der Waals surface area (Å²) in [7, 11) is 3.46. The topological polar surface area (TPSA) is 78.8 Å². The number of aryl methyl sites for hydroxylation is 1. The van der Waals surface area contributed by atoms with Gasteiger partial charge in [0.25, 0.3) is 0 Å². The number of halogens is 1. The first kappa shape index (κ1) is 16.0. The van der Waals surface area contributed by atoms with E-state index in [9.17, 15) is 4.39 Å². The Labute approximate surface area is 149 Å². The molecule has 2 aromatic heterocycles. The van der Waals surface area contributed by atoms with Gasteiger partial charge in [0.05, 0.1) is 35.7 Å². The van der Waals surface area contributed by atoms with E-state index in [0.717, 1.165) is 22.2 Å². The Morgan fingerprint density at radius 2 is 1.77 bits per heavy atom. The molecule has 2 heterocycles. The molecule has 130 valence electrons. The van der Waals surface area contributed by atoms with Gasteiger partial charge >= 0.3 is 0 Å². The summed E-state index contributed by atoms with van der Waals surface area (Å²) in [6.07, 6.45) is 1.76. The smallest absolute Gasteiger partial charge is 0.226 e. The first-order chi connectivity index (χ1) is 12.6. The van der Waals surface area contributed by atoms with Gasteiger partial charge in [-0.05, 0) is 42.0 Å². The fourth-order valence-corrected chi connectivity index (χ4v) is 2.96. The number of benzene rings is 2. The van der Waals surface area contributed by atoms with Gasteiger partial charge in [-0.2, -0.15) is 4.98 Å². The zero-order chi connectivity index (χ0) is 18.3. The number of rotatable bonds is 3. The van der Waals surface area contributed by atoms with Gasteiger partial charge in [0.1, 0.15) is 5.82 Å². The number of nitrogens with two attached hydrogens (primary N) is 1. The first-order valence-electron chi connectivity index (χ1n) is 7.95. The van der Waals surface area contributed by atoms with E-state index in [2.05, 4.69) is 15.0 Å². The Morgan fingerprint density at radius 1 is 1.04 bits per heavy atom. The highest BCUT2D eigenvalue weighted by Gasteiger charge is 2.19. The standard InChI is InChI=1S/C19H16FN5O/c1-25-10-22-14-8-5-12(9-15(14)25)16-17(11-3-6-13(20)7-4-11)23-19(21)24-18(16)26-2/h3-10H,1-2H3,(H2,21,23,24). The highest BCUT2D eigenvalue weighted by molar-refractivity contribution is 5.89. The summed E-state index contributed by atoms with van der Waals surface area (Å²) in [5.41, 5.74) is 10.6. The molecular weight excluding hydrogens is 333 g/mol. The Kier molecular flexibility index (Phi) is 3.76. The molecule has 0 atom stereocenters. The molecule has 2 aromatic carbocycles. The number of hydrogen-bond donors (Lipinski definition) is 1. The lowest BCUT2D eigenvalue weighted by atomic mass is 9.99. The molecule has 0 bridgehead atoms. The van der Waals surface area contributed by atoms with Crippen molar-refractivity contribution >= 4 is 17.0 Å². The number of methoxy groups -OCH3 is 1. The summed E-state index contributed by atoms with van der Waals surface area (Å²) < 4.78 is 20.7. The highest BCUT2D eigenvalue weighted by Crippen LogP contribution is 2.38. The van der Waals surface area contributed by atoms with Crippen molar-refractivity contribution in [2.75, 3.05) is 12.8 Å². The quantitative estimate of drug-likeness (QED) is 0.613. The Bertz CT molecular complexity index is 1110. The molecular formula is C19H16FN5O. The molecule has 2 N–H and O–H groups in total. The summed E-state index contributed by atoms with van der Waals surface area (Å²) in [5, 5.41) is 0. The summed E-state index contributed by atoms with van der Waals surface area (Å²) in [4.78, 5) is 12.9. The van der Waals surface area contributed by atoms with Gasteiger partial charge in [0, 0.05) is 12.6 Å². The predicted molar refractivity (Wildman–Crippen MR) is 98.1 cm³/mol. The lowest BCUT2D eigenvalue weighted by Crippen LogP contribution is -2.03. The minimum Gasteiger partial charge on any atom is -0.480 e. The predicted octanol–water partition coefficient (Wildman–Crippen LogP) is 3.43. The average molecular weight is 349 g/mol. The average Bonchev–Trinajstić information content (AvgIpc) is 3.02. The summed E-state index contributed by atoms with van der Waals surface area (Å²) in [5.74, 6) is 0.130. The van der Waals surface area contributed by atoms with Crippen LogP contribution >= 0.6 is 0 Å². The molecule has 0 aliphatic rings. The monoisotopic (exact) mass is 349 g/mol. The molecule has 0 unspecified atom stereocenters. The summed E-state index contributed by atoms with van der Waals surface area (Å²) in [6, 6.07) is 11.9. The van der Waals surface area contributed by atoms with E-state index >= 15 is 0 Å². The molecule has 4 rings (SSSR count). The van der Waals surface area contributed by atoms with Crippen molar-refractivity contribution in [3.8, 4) is 28.3 Å². The number of nitrogen functional groups attached to an aromatic ring is 1. The van der Waals surface area contributed by atoms with Crippen LogP contribution in [0.4, 0.5) is 10.3 Å². The van der Waals surface area contributed by atoms with Crippen molar-refractivity contribution < 1.29 is 9.13 Å². The van der Waals surface area contributed by atoms with Crippen LogP contribution in [0, 0.1) is 5.82 Å². The van der Waals surface area contributed by atoms with Gasteiger partial charge in [-0.3, -0.25) is 0 Å². The maximum absolute atomic E-state index is 13.3. The Morgan fingerprint density at radius 3 is 2.50 bits per heavy atom. The third-order valence-electron chi connectivity index (χ3n) is 4.22. The molecule has 26 heavy (non-hydrogen) atoms. The number of ether oxygens (including phenoxy) is 1. The number of hydrogen-bond acceptors (Lipinski definition) is 5. The van der Waals surface area contributed by atoms with Crippen LogP contribution in [0.15, 0.2) is 48.8 Å². The van der Waals surface area contributed by atoms with Crippen LogP contribution in [0.3, 0.4) is 0 Å². The van der Waals surface area contributed by atoms with Crippen molar-refractivity contribution in [3.05, 3.63) is 54.6 Å². The molecule has 0 spiro atoms. The lowest BCUT2D eigenvalue weighted by Gasteiger charge is -2.14. The molecule has 7 heteroatoms. The van der Waals surface area contributed by atoms with Gasteiger partial charge < -0.3 is 15.0 Å². The third-order valence-corrected chi connectivity index (χ3v) is 4.22. The Balaban J connectivity index is 2.01. The van der Waals surface area contributed by atoms with Crippen LogP contribution in [0.1, 0.15) is 0 Å². The molecule has 0 radical (unpaired) electrons. The minimum absolute atomic E-state index is 0.0894. The molecule has 0 saturated heterocycles. The third kappa shape index (κ3) is 2.63. The minimum atomic E-state index is -0.319. The SMILES string of the molecule is COc1nc(N)nc(-c2ccc(F)cc2)c1-c1ccc2ncn(C)c2c1. The number of fused-ring (bicyclic) bond motifs is 1. The van der Waals surface area contributed by atoms with E-state index in [0.29, 0.717) is 17.1 Å². The van der Waals surface area contributed by atoms with Crippen LogP contribution < -0.4 is 10.5 Å². The van der Waals surface area contributed by atoms with E-state index in [1.165, 1.54) is 19.2 Å². The zero-order valence-electron chi connectivity index (χ0n) is 14.3. The fraction of sp³-hybridized carbons (Fsp3) is 0.105. The highest BCUT2D eigenvalue weighted by atomic mass is 19.1. The molecule has 0 saturated carbocycles. The summed E-state index contributed by atoms with van der Waals surface area (Å²) >= 11 is 0. The molecule has 0 aliphatic carbocycles. The van der Waals surface area contributed by atoms with Crippen LogP contribution in [0.5, 0.6) is 5.88 Å². The largest absolute Gasteiger partial charge is 0.480 e. The molecule has 0 fully saturated rings.